The zero-order chi connectivity index (χ0) is 13.0. The molecule has 0 heterocycles. The summed E-state index contributed by atoms with van der Waals surface area (Å²) in [6, 6.07) is 5.16. The lowest BCUT2D eigenvalue weighted by Gasteiger charge is -2.14. The lowest BCUT2D eigenvalue weighted by molar-refractivity contribution is 0.0952. The second-order valence-electron chi connectivity index (χ2n) is 4.09. The minimum absolute atomic E-state index is 0.121. The van der Waals surface area contributed by atoms with E-state index in [2.05, 4.69) is 51.0 Å². The van der Waals surface area contributed by atoms with Crippen LogP contribution in [0.4, 0.5) is 0 Å². The molecule has 0 aliphatic heterocycles. The second kappa shape index (κ2) is 6.76. The molecule has 0 radical (unpaired) electrons. The van der Waals surface area contributed by atoms with Gasteiger partial charge in [-0.1, -0.05) is 41.4 Å². The van der Waals surface area contributed by atoms with Crippen LogP contribution >= 0.6 is 43.5 Å². The first-order valence-electron chi connectivity index (χ1n) is 5.29. The van der Waals surface area contributed by atoms with E-state index in [9.17, 15) is 4.79 Å². The van der Waals surface area contributed by atoms with Crippen LogP contribution < -0.4 is 5.32 Å². The highest BCUT2D eigenvalue weighted by Crippen LogP contribution is 2.21. The van der Waals surface area contributed by atoms with Gasteiger partial charge in [-0.05, 0) is 40.0 Å². The number of hydrogen-bond donors (Lipinski definition) is 1. The van der Waals surface area contributed by atoms with Gasteiger partial charge < -0.3 is 5.32 Å². The number of carbonyl (C=O) groups is 1. The van der Waals surface area contributed by atoms with Gasteiger partial charge in [0, 0.05) is 20.9 Å². The highest BCUT2D eigenvalue weighted by Gasteiger charge is 2.14. The predicted octanol–water partition coefficient (Wildman–Crippen LogP) is 4.25. The fourth-order valence-corrected chi connectivity index (χ4v) is 1.95. The van der Waals surface area contributed by atoms with Crippen molar-refractivity contribution >= 4 is 49.4 Å². The minimum Gasteiger partial charge on any atom is -0.351 e. The third-order valence-electron chi connectivity index (χ3n) is 2.35. The van der Waals surface area contributed by atoms with Crippen LogP contribution in [-0.2, 0) is 0 Å². The van der Waals surface area contributed by atoms with Crippen molar-refractivity contribution in [1.82, 2.24) is 5.32 Å². The molecule has 1 atom stereocenters. The molecule has 17 heavy (non-hydrogen) atoms. The fraction of sp³-hybridized carbons (Fsp3) is 0.417. The van der Waals surface area contributed by atoms with Crippen molar-refractivity contribution in [1.29, 1.82) is 0 Å². The highest BCUT2D eigenvalue weighted by molar-refractivity contribution is 9.10. The predicted molar refractivity (Wildman–Crippen MR) is 79.0 cm³/mol. The molecule has 0 aliphatic carbocycles. The van der Waals surface area contributed by atoms with Gasteiger partial charge in [0.15, 0.2) is 0 Å². The van der Waals surface area contributed by atoms with Gasteiger partial charge in [0.1, 0.15) is 0 Å². The van der Waals surface area contributed by atoms with E-state index in [0.29, 0.717) is 23.0 Å². The maximum atomic E-state index is 11.9. The number of hydrogen-bond acceptors (Lipinski definition) is 1. The van der Waals surface area contributed by atoms with E-state index >= 15 is 0 Å². The molecule has 1 aromatic carbocycles. The van der Waals surface area contributed by atoms with Crippen molar-refractivity contribution in [2.75, 3.05) is 6.54 Å². The molecule has 5 heteroatoms. The Labute approximate surface area is 123 Å². The van der Waals surface area contributed by atoms with Gasteiger partial charge >= 0.3 is 0 Å². The summed E-state index contributed by atoms with van der Waals surface area (Å²) in [5.41, 5.74) is 0.556. The van der Waals surface area contributed by atoms with Gasteiger partial charge in [-0.15, -0.1) is 0 Å². The van der Waals surface area contributed by atoms with E-state index in [4.69, 9.17) is 11.6 Å². The van der Waals surface area contributed by atoms with Gasteiger partial charge in [0.25, 0.3) is 5.91 Å². The average Bonchev–Trinajstić information content (AvgIpc) is 2.28. The lowest BCUT2D eigenvalue weighted by atomic mass is 10.1. The first-order valence-corrected chi connectivity index (χ1v) is 7.37. The van der Waals surface area contributed by atoms with Crippen molar-refractivity contribution in [3.05, 3.63) is 33.3 Å². The summed E-state index contributed by atoms with van der Waals surface area (Å²) in [7, 11) is 0. The molecule has 0 spiro atoms. The van der Waals surface area contributed by atoms with E-state index in [-0.39, 0.29) is 10.7 Å². The summed E-state index contributed by atoms with van der Waals surface area (Å²) in [4.78, 5) is 12.2. The molecule has 1 rings (SSSR count). The average molecular weight is 384 g/mol. The van der Waals surface area contributed by atoms with Crippen molar-refractivity contribution < 1.29 is 4.79 Å². The second-order valence-corrected chi connectivity index (χ2v) is 6.56. The molecular formula is C12H14Br2ClNO. The van der Waals surface area contributed by atoms with Gasteiger partial charge in [-0.25, -0.2) is 0 Å². The number of nitrogens with one attached hydrogen (secondary N) is 1. The monoisotopic (exact) mass is 381 g/mol. The SMILES string of the molecule is CC(C)C(Br)CNC(=O)c1cc(Cl)ccc1Br. The summed E-state index contributed by atoms with van der Waals surface area (Å²) in [6.45, 7) is 4.79. The number of amides is 1. The molecule has 94 valence electrons. The standard InChI is InChI=1S/C12H14Br2ClNO/c1-7(2)11(14)6-16-12(17)9-5-8(15)3-4-10(9)13/h3-5,7,11H,6H2,1-2H3,(H,16,17). The molecule has 1 amide bonds. The van der Waals surface area contributed by atoms with E-state index < -0.39 is 0 Å². The quantitative estimate of drug-likeness (QED) is 0.774. The lowest BCUT2D eigenvalue weighted by Crippen LogP contribution is -2.31. The Morgan fingerprint density at radius 2 is 2.12 bits per heavy atom. The van der Waals surface area contributed by atoms with Gasteiger partial charge in [-0.3, -0.25) is 4.79 Å². The molecule has 0 aliphatic rings. The third kappa shape index (κ3) is 4.60. The Morgan fingerprint density at radius 1 is 1.47 bits per heavy atom. The smallest absolute Gasteiger partial charge is 0.252 e. The van der Waals surface area contributed by atoms with Gasteiger partial charge in [-0.2, -0.15) is 0 Å². The van der Waals surface area contributed by atoms with Crippen LogP contribution in [-0.4, -0.2) is 17.3 Å². The summed E-state index contributed by atoms with van der Waals surface area (Å²) in [6.07, 6.45) is 0. The summed E-state index contributed by atoms with van der Waals surface area (Å²) in [5.74, 6) is 0.350. The molecule has 2 nitrogen and oxygen atoms in total. The number of halogens is 3. The van der Waals surface area contributed by atoms with Gasteiger partial charge in [0.2, 0.25) is 0 Å². The van der Waals surface area contributed by atoms with Crippen LogP contribution in [0.2, 0.25) is 5.02 Å². The van der Waals surface area contributed by atoms with Crippen molar-refractivity contribution in [3.8, 4) is 0 Å². The maximum Gasteiger partial charge on any atom is 0.252 e. The fourth-order valence-electron chi connectivity index (χ4n) is 1.19. The number of benzene rings is 1. The number of carbonyl (C=O) groups excluding carboxylic acids is 1. The Balaban J connectivity index is 2.67. The van der Waals surface area contributed by atoms with Crippen LogP contribution in [0.3, 0.4) is 0 Å². The summed E-state index contributed by atoms with van der Waals surface area (Å²) in [5, 5.41) is 3.43. The largest absolute Gasteiger partial charge is 0.351 e. The Hall–Kier alpha value is -0.0600. The zero-order valence-electron chi connectivity index (χ0n) is 9.64. The molecule has 0 fully saturated rings. The van der Waals surface area contributed by atoms with Crippen LogP contribution in [0.5, 0.6) is 0 Å². The first kappa shape index (κ1) is 15.0. The molecule has 1 aromatic rings. The Kier molecular flexibility index (Phi) is 5.97. The summed E-state index contributed by atoms with van der Waals surface area (Å²) < 4.78 is 0.745. The Morgan fingerprint density at radius 3 is 2.71 bits per heavy atom. The van der Waals surface area contributed by atoms with Crippen LogP contribution in [0, 0.1) is 5.92 Å². The normalized spacial score (nSPS) is 12.6. The molecule has 0 bridgehead atoms. The highest BCUT2D eigenvalue weighted by atomic mass is 79.9. The van der Waals surface area contributed by atoms with Crippen molar-refractivity contribution in [2.45, 2.75) is 18.7 Å². The number of alkyl halides is 1. The Bertz CT molecular complexity index is 409. The van der Waals surface area contributed by atoms with Crippen LogP contribution in [0.25, 0.3) is 0 Å². The maximum absolute atomic E-state index is 11.9. The molecular weight excluding hydrogens is 369 g/mol. The molecule has 0 aromatic heterocycles. The van der Waals surface area contributed by atoms with Crippen molar-refractivity contribution in [2.24, 2.45) is 5.92 Å². The van der Waals surface area contributed by atoms with E-state index in [0.717, 1.165) is 4.47 Å². The molecule has 0 saturated carbocycles. The minimum atomic E-state index is -0.121. The first-order chi connectivity index (χ1) is 7.91. The molecule has 1 N–H and O–H groups in total. The number of rotatable bonds is 4. The van der Waals surface area contributed by atoms with Crippen LogP contribution in [0.15, 0.2) is 22.7 Å². The molecule has 1 unspecified atom stereocenters. The third-order valence-corrected chi connectivity index (χ3v) is 4.66. The van der Waals surface area contributed by atoms with Crippen molar-refractivity contribution in [3.63, 3.8) is 0 Å². The topological polar surface area (TPSA) is 29.1 Å². The van der Waals surface area contributed by atoms with E-state index in [1.165, 1.54) is 0 Å². The van der Waals surface area contributed by atoms with Crippen LogP contribution in [0.1, 0.15) is 24.2 Å². The summed E-state index contributed by atoms with van der Waals surface area (Å²) >= 11 is 12.7. The molecule has 0 saturated heterocycles. The van der Waals surface area contributed by atoms with E-state index in [1.54, 1.807) is 18.2 Å². The van der Waals surface area contributed by atoms with E-state index in [1.807, 2.05) is 0 Å². The van der Waals surface area contributed by atoms with Gasteiger partial charge in [0.05, 0.1) is 5.56 Å². The zero-order valence-corrected chi connectivity index (χ0v) is 13.6.